The summed E-state index contributed by atoms with van der Waals surface area (Å²) in [6.45, 7) is 8.03. The highest BCUT2D eigenvalue weighted by Crippen LogP contribution is 2.26. The SMILES string of the molecule is CC(C)C(=O)[C@H](c1ccccn1)C(C)C. The zero-order valence-electron chi connectivity index (χ0n) is 9.90. The molecule has 0 aromatic carbocycles. The monoisotopic (exact) mass is 205 g/mol. The Balaban J connectivity index is 2.99. The van der Waals surface area contributed by atoms with E-state index in [4.69, 9.17) is 0 Å². The first-order valence-corrected chi connectivity index (χ1v) is 5.48. The Morgan fingerprint density at radius 1 is 1.20 bits per heavy atom. The van der Waals surface area contributed by atoms with Gasteiger partial charge in [-0.2, -0.15) is 0 Å². The van der Waals surface area contributed by atoms with Crippen LogP contribution in [0.1, 0.15) is 39.3 Å². The molecule has 1 aromatic heterocycles. The van der Waals surface area contributed by atoms with Gasteiger partial charge in [-0.15, -0.1) is 0 Å². The molecule has 2 heteroatoms. The minimum atomic E-state index is -0.0637. The van der Waals surface area contributed by atoms with Crippen molar-refractivity contribution in [3.8, 4) is 0 Å². The summed E-state index contributed by atoms with van der Waals surface area (Å²) in [7, 11) is 0. The molecular formula is C13H19NO. The lowest BCUT2D eigenvalue weighted by Crippen LogP contribution is -2.23. The predicted molar refractivity (Wildman–Crippen MR) is 61.7 cm³/mol. The zero-order chi connectivity index (χ0) is 11.4. The third-order valence-corrected chi connectivity index (χ3v) is 2.55. The Kier molecular flexibility index (Phi) is 4.01. The Hall–Kier alpha value is -1.18. The largest absolute Gasteiger partial charge is 0.299 e. The standard InChI is InChI=1S/C13H19NO/c1-9(2)12(13(15)10(3)4)11-7-5-6-8-14-11/h5-10,12H,1-4H3/t12-/m0/s1. The number of hydrogen-bond donors (Lipinski definition) is 0. The number of nitrogens with zero attached hydrogens (tertiary/aromatic N) is 1. The molecule has 0 saturated heterocycles. The first kappa shape index (κ1) is 11.9. The summed E-state index contributed by atoms with van der Waals surface area (Å²) in [5.41, 5.74) is 0.895. The molecular weight excluding hydrogens is 186 g/mol. The van der Waals surface area contributed by atoms with Gasteiger partial charge in [-0.1, -0.05) is 33.8 Å². The normalized spacial score (nSPS) is 13.2. The minimum absolute atomic E-state index is 0.0637. The van der Waals surface area contributed by atoms with Crippen molar-refractivity contribution >= 4 is 5.78 Å². The van der Waals surface area contributed by atoms with Gasteiger partial charge in [0, 0.05) is 12.1 Å². The summed E-state index contributed by atoms with van der Waals surface area (Å²) in [5.74, 6) is 0.587. The van der Waals surface area contributed by atoms with E-state index in [-0.39, 0.29) is 17.6 Å². The summed E-state index contributed by atoms with van der Waals surface area (Å²) >= 11 is 0. The number of hydrogen-bond acceptors (Lipinski definition) is 2. The molecule has 1 atom stereocenters. The molecule has 82 valence electrons. The van der Waals surface area contributed by atoms with Crippen LogP contribution in [0, 0.1) is 11.8 Å². The number of Topliss-reactive ketones (excluding diaryl/α,β-unsaturated/α-hetero) is 1. The molecule has 1 aromatic rings. The molecule has 0 unspecified atom stereocenters. The second-order valence-corrected chi connectivity index (χ2v) is 4.53. The third kappa shape index (κ3) is 2.88. The van der Waals surface area contributed by atoms with Crippen LogP contribution in [0.25, 0.3) is 0 Å². The van der Waals surface area contributed by atoms with Crippen LogP contribution >= 0.6 is 0 Å². The van der Waals surface area contributed by atoms with Gasteiger partial charge in [0.2, 0.25) is 0 Å². The van der Waals surface area contributed by atoms with Crippen LogP contribution in [-0.4, -0.2) is 10.8 Å². The third-order valence-electron chi connectivity index (χ3n) is 2.55. The Morgan fingerprint density at radius 2 is 1.87 bits per heavy atom. The average Bonchev–Trinajstić information content (AvgIpc) is 2.18. The van der Waals surface area contributed by atoms with E-state index in [9.17, 15) is 4.79 Å². The van der Waals surface area contributed by atoms with Gasteiger partial charge < -0.3 is 0 Å². The number of carbonyl (C=O) groups excluding carboxylic acids is 1. The fourth-order valence-corrected chi connectivity index (χ4v) is 1.73. The molecule has 15 heavy (non-hydrogen) atoms. The molecule has 0 radical (unpaired) electrons. The molecule has 0 saturated carbocycles. The van der Waals surface area contributed by atoms with Crippen molar-refractivity contribution < 1.29 is 4.79 Å². The Labute approximate surface area is 91.7 Å². The molecule has 0 amide bonds. The number of aromatic nitrogens is 1. The van der Waals surface area contributed by atoms with Crippen LogP contribution < -0.4 is 0 Å². The zero-order valence-corrected chi connectivity index (χ0v) is 9.90. The summed E-state index contributed by atoms with van der Waals surface area (Å²) in [6.07, 6.45) is 1.75. The smallest absolute Gasteiger partial charge is 0.144 e. The second kappa shape index (κ2) is 5.06. The van der Waals surface area contributed by atoms with E-state index in [1.54, 1.807) is 6.20 Å². The molecule has 0 aliphatic carbocycles. The van der Waals surface area contributed by atoms with Crippen LogP contribution in [-0.2, 0) is 4.79 Å². The van der Waals surface area contributed by atoms with Gasteiger partial charge in [0.25, 0.3) is 0 Å². The molecule has 1 heterocycles. The first-order chi connectivity index (χ1) is 7.04. The van der Waals surface area contributed by atoms with Gasteiger partial charge in [0.05, 0.1) is 11.6 Å². The highest BCUT2D eigenvalue weighted by molar-refractivity contribution is 5.87. The van der Waals surface area contributed by atoms with Crippen molar-refractivity contribution in [3.63, 3.8) is 0 Å². The topological polar surface area (TPSA) is 30.0 Å². The molecule has 0 aliphatic heterocycles. The predicted octanol–water partition coefficient (Wildman–Crippen LogP) is 3.05. The summed E-state index contributed by atoms with van der Waals surface area (Å²) < 4.78 is 0. The van der Waals surface area contributed by atoms with E-state index in [1.807, 2.05) is 32.0 Å². The fraction of sp³-hybridized carbons (Fsp3) is 0.538. The molecule has 0 bridgehead atoms. The average molecular weight is 205 g/mol. The van der Waals surface area contributed by atoms with Crippen LogP contribution in [0.5, 0.6) is 0 Å². The van der Waals surface area contributed by atoms with E-state index < -0.39 is 0 Å². The van der Waals surface area contributed by atoms with Crippen molar-refractivity contribution in [2.24, 2.45) is 11.8 Å². The molecule has 0 N–H and O–H groups in total. The van der Waals surface area contributed by atoms with Crippen molar-refractivity contribution in [1.29, 1.82) is 0 Å². The van der Waals surface area contributed by atoms with Crippen molar-refractivity contribution in [1.82, 2.24) is 4.98 Å². The maximum atomic E-state index is 12.0. The highest BCUT2D eigenvalue weighted by atomic mass is 16.1. The summed E-state index contributed by atoms with van der Waals surface area (Å²) in [4.78, 5) is 16.3. The maximum absolute atomic E-state index is 12.0. The lowest BCUT2D eigenvalue weighted by Gasteiger charge is -2.20. The van der Waals surface area contributed by atoms with E-state index >= 15 is 0 Å². The molecule has 0 fully saturated rings. The van der Waals surface area contributed by atoms with Gasteiger partial charge in [-0.25, -0.2) is 0 Å². The van der Waals surface area contributed by atoms with Crippen molar-refractivity contribution in [3.05, 3.63) is 30.1 Å². The van der Waals surface area contributed by atoms with E-state index in [0.29, 0.717) is 5.92 Å². The second-order valence-electron chi connectivity index (χ2n) is 4.53. The highest BCUT2D eigenvalue weighted by Gasteiger charge is 2.26. The molecule has 1 rings (SSSR count). The van der Waals surface area contributed by atoms with E-state index in [2.05, 4.69) is 18.8 Å². The Morgan fingerprint density at radius 3 is 2.27 bits per heavy atom. The van der Waals surface area contributed by atoms with Crippen LogP contribution in [0.2, 0.25) is 0 Å². The quantitative estimate of drug-likeness (QED) is 0.756. The van der Waals surface area contributed by atoms with Crippen molar-refractivity contribution in [2.45, 2.75) is 33.6 Å². The number of ketones is 1. The van der Waals surface area contributed by atoms with Crippen LogP contribution in [0.3, 0.4) is 0 Å². The fourth-order valence-electron chi connectivity index (χ4n) is 1.73. The maximum Gasteiger partial charge on any atom is 0.144 e. The van der Waals surface area contributed by atoms with Crippen LogP contribution in [0.4, 0.5) is 0 Å². The lowest BCUT2D eigenvalue weighted by atomic mass is 9.83. The van der Waals surface area contributed by atoms with Gasteiger partial charge in [-0.3, -0.25) is 9.78 Å². The first-order valence-electron chi connectivity index (χ1n) is 5.48. The number of pyridine rings is 1. The summed E-state index contributed by atoms with van der Waals surface area (Å²) in [6, 6.07) is 5.75. The molecule has 0 spiro atoms. The lowest BCUT2D eigenvalue weighted by molar-refractivity contribution is -0.124. The van der Waals surface area contributed by atoms with E-state index in [1.165, 1.54) is 0 Å². The van der Waals surface area contributed by atoms with E-state index in [0.717, 1.165) is 5.69 Å². The molecule has 2 nitrogen and oxygen atoms in total. The van der Waals surface area contributed by atoms with Gasteiger partial charge in [0.15, 0.2) is 0 Å². The minimum Gasteiger partial charge on any atom is -0.299 e. The van der Waals surface area contributed by atoms with Crippen molar-refractivity contribution in [2.75, 3.05) is 0 Å². The van der Waals surface area contributed by atoms with Crippen LogP contribution in [0.15, 0.2) is 24.4 Å². The number of carbonyl (C=O) groups is 1. The van der Waals surface area contributed by atoms with Gasteiger partial charge in [0.1, 0.15) is 5.78 Å². The molecule has 0 aliphatic rings. The van der Waals surface area contributed by atoms with Gasteiger partial charge >= 0.3 is 0 Å². The summed E-state index contributed by atoms with van der Waals surface area (Å²) in [5, 5.41) is 0. The van der Waals surface area contributed by atoms with Gasteiger partial charge in [-0.05, 0) is 18.1 Å². The number of rotatable bonds is 4. The Bertz CT molecular complexity index is 317.